The van der Waals surface area contributed by atoms with Crippen LogP contribution in [0.3, 0.4) is 0 Å². The highest BCUT2D eigenvalue weighted by Crippen LogP contribution is 2.39. The van der Waals surface area contributed by atoms with Gasteiger partial charge >= 0.3 is 6.01 Å². The molecule has 2 aromatic heterocycles. The minimum Gasteiger partial charge on any atom is -0.508 e. The third-order valence-corrected chi connectivity index (χ3v) is 5.37. The number of methoxy groups -OCH3 is 1. The van der Waals surface area contributed by atoms with Gasteiger partial charge in [0.2, 0.25) is 5.91 Å². The van der Waals surface area contributed by atoms with Gasteiger partial charge in [0.05, 0.1) is 29.8 Å². The number of aromatic nitrogens is 4. The first-order valence-corrected chi connectivity index (χ1v) is 10.2. The first-order valence-electron chi connectivity index (χ1n) is 10.2. The van der Waals surface area contributed by atoms with E-state index < -0.39 is 0 Å². The second-order valence-electron chi connectivity index (χ2n) is 7.81. The lowest BCUT2D eigenvalue weighted by Gasteiger charge is -2.14. The topological polar surface area (TPSA) is 123 Å². The van der Waals surface area contributed by atoms with E-state index in [-0.39, 0.29) is 41.6 Å². The first-order chi connectivity index (χ1) is 15.3. The van der Waals surface area contributed by atoms with Crippen molar-refractivity contribution in [2.75, 3.05) is 13.7 Å². The molecule has 0 aliphatic rings. The van der Waals surface area contributed by atoms with Crippen molar-refractivity contribution in [3.8, 4) is 34.6 Å². The maximum Gasteiger partial charge on any atom is 0.319 e. The van der Waals surface area contributed by atoms with Crippen LogP contribution in [0.1, 0.15) is 36.5 Å². The van der Waals surface area contributed by atoms with Crippen molar-refractivity contribution < 1.29 is 24.9 Å². The van der Waals surface area contributed by atoms with Crippen molar-refractivity contribution in [1.82, 2.24) is 19.3 Å². The molecule has 9 heteroatoms. The quantitative estimate of drug-likeness (QED) is 0.420. The molecule has 0 fully saturated rings. The van der Waals surface area contributed by atoms with Gasteiger partial charge in [0.25, 0.3) is 0 Å². The van der Waals surface area contributed by atoms with Gasteiger partial charge < -0.3 is 20.1 Å². The van der Waals surface area contributed by atoms with E-state index in [1.54, 1.807) is 48.2 Å². The van der Waals surface area contributed by atoms with Crippen LogP contribution in [0.25, 0.3) is 28.0 Å². The van der Waals surface area contributed by atoms with E-state index >= 15 is 0 Å². The lowest BCUT2D eigenvalue weighted by Crippen LogP contribution is -2.11. The highest BCUT2D eigenvalue weighted by Gasteiger charge is 2.21. The van der Waals surface area contributed by atoms with Crippen LogP contribution in [0.15, 0.2) is 42.6 Å². The molecule has 2 heterocycles. The summed E-state index contributed by atoms with van der Waals surface area (Å²) in [5, 5.41) is 39.6. The van der Waals surface area contributed by atoms with Crippen molar-refractivity contribution in [1.29, 1.82) is 0 Å². The summed E-state index contributed by atoms with van der Waals surface area (Å²) in [7, 11) is 1.55. The standard InChI is InChI=1S/C23H24N4O5/c1-13(2)16-11-17(20(29)12-19(16)28)22-24-25-23(31)27(22)15-4-5-18-14(10-15)6-8-26(18)21(30)7-9-32-3/h4-6,8,10-13,28-29H,7,9H2,1-3H3,(H,25,31). The largest absolute Gasteiger partial charge is 0.508 e. The summed E-state index contributed by atoms with van der Waals surface area (Å²) >= 11 is 0. The second kappa shape index (κ2) is 8.35. The molecule has 3 N–H and O–H groups in total. The maximum absolute atomic E-state index is 12.4. The third-order valence-electron chi connectivity index (χ3n) is 5.37. The zero-order valence-corrected chi connectivity index (χ0v) is 18.0. The molecule has 4 rings (SSSR count). The average molecular weight is 436 g/mol. The van der Waals surface area contributed by atoms with E-state index in [4.69, 9.17) is 4.74 Å². The smallest absolute Gasteiger partial charge is 0.319 e. The Morgan fingerprint density at radius 2 is 1.84 bits per heavy atom. The third kappa shape index (κ3) is 3.67. The van der Waals surface area contributed by atoms with Crippen LogP contribution in [0.4, 0.5) is 0 Å². The molecule has 0 aliphatic heterocycles. The van der Waals surface area contributed by atoms with Crippen molar-refractivity contribution in [2.45, 2.75) is 26.2 Å². The van der Waals surface area contributed by atoms with Gasteiger partial charge in [-0.25, -0.2) is 4.57 Å². The van der Waals surface area contributed by atoms with Crippen molar-refractivity contribution in [2.24, 2.45) is 0 Å². The highest BCUT2D eigenvalue weighted by molar-refractivity contribution is 5.93. The van der Waals surface area contributed by atoms with Crippen molar-refractivity contribution >= 4 is 16.8 Å². The van der Waals surface area contributed by atoms with Gasteiger partial charge in [-0.1, -0.05) is 18.9 Å². The number of carbonyl (C=O) groups is 1. The number of carbonyl (C=O) groups excluding carboxylic acids is 1. The van der Waals surface area contributed by atoms with E-state index in [1.165, 1.54) is 10.6 Å². The van der Waals surface area contributed by atoms with E-state index in [0.717, 1.165) is 10.9 Å². The van der Waals surface area contributed by atoms with Gasteiger partial charge in [-0.2, -0.15) is 0 Å². The molecule has 0 unspecified atom stereocenters. The predicted molar refractivity (Wildman–Crippen MR) is 118 cm³/mol. The number of hydrogen-bond donors (Lipinski definition) is 3. The Kier molecular flexibility index (Phi) is 5.58. The Bertz CT molecular complexity index is 1310. The molecule has 2 aromatic carbocycles. The molecule has 0 bridgehead atoms. The number of phenolic OH excluding ortho intramolecular Hbond substituents is 2. The predicted octanol–water partition coefficient (Wildman–Crippen LogP) is 3.81. The molecule has 9 nitrogen and oxygen atoms in total. The monoisotopic (exact) mass is 436 g/mol. The number of rotatable bonds is 6. The molecule has 0 saturated carbocycles. The number of aromatic hydroxyl groups is 3. The zero-order valence-electron chi connectivity index (χ0n) is 18.0. The van der Waals surface area contributed by atoms with E-state index in [1.807, 2.05) is 13.8 Å². The molecule has 0 amide bonds. The SMILES string of the molecule is COCCC(=O)n1ccc2cc(-n3c(O)nnc3-c3cc(C(C)C)c(O)cc3O)ccc21. The van der Waals surface area contributed by atoms with Crippen molar-refractivity contribution in [3.05, 3.63) is 48.2 Å². The molecular weight excluding hydrogens is 412 g/mol. The number of benzene rings is 2. The fourth-order valence-electron chi connectivity index (χ4n) is 3.72. The number of nitrogens with zero attached hydrogens (tertiary/aromatic N) is 4. The minimum atomic E-state index is -0.353. The Morgan fingerprint density at radius 1 is 1.06 bits per heavy atom. The van der Waals surface area contributed by atoms with Gasteiger partial charge in [-0.3, -0.25) is 9.36 Å². The fraction of sp³-hybridized carbons (Fsp3) is 0.261. The molecule has 166 valence electrons. The number of ether oxygens (including phenoxy) is 1. The van der Waals surface area contributed by atoms with Crippen LogP contribution < -0.4 is 0 Å². The summed E-state index contributed by atoms with van der Waals surface area (Å²) in [5.41, 5.74) is 2.23. The molecule has 32 heavy (non-hydrogen) atoms. The second-order valence-corrected chi connectivity index (χ2v) is 7.81. The molecule has 0 spiro atoms. The summed E-state index contributed by atoms with van der Waals surface area (Å²) in [5.74, 6) is -0.0606. The first kappa shape index (κ1) is 21.4. The fourth-order valence-corrected chi connectivity index (χ4v) is 3.72. The minimum absolute atomic E-state index is 0.00563. The van der Waals surface area contributed by atoms with Crippen molar-refractivity contribution in [3.63, 3.8) is 0 Å². The summed E-state index contributed by atoms with van der Waals surface area (Å²) in [6.07, 6.45) is 1.96. The van der Waals surface area contributed by atoms with Crippen LogP contribution >= 0.6 is 0 Å². The van der Waals surface area contributed by atoms with Crippen LogP contribution in [0.2, 0.25) is 0 Å². The van der Waals surface area contributed by atoms with E-state index in [0.29, 0.717) is 23.4 Å². The summed E-state index contributed by atoms with van der Waals surface area (Å²) in [4.78, 5) is 12.4. The Labute approximate surface area is 184 Å². The normalized spacial score (nSPS) is 11.5. The molecule has 4 aromatic rings. The van der Waals surface area contributed by atoms with Gasteiger partial charge in [0, 0.05) is 24.8 Å². The average Bonchev–Trinajstić information content (AvgIpc) is 3.34. The van der Waals surface area contributed by atoms with Crippen LogP contribution in [-0.2, 0) is 4.74 Å². The summed E-state index contributed by atoms with van der Waals surface area (Å²) in [6.45, 7) is 4.18. The Morgan fingerprint density at radius 3 is 2.56 bits per heavy atom. The van der Waals surface area contributed by atoms with E-state index in [2.05, 4.69) is 10.2 Å². The summed E-state index contributed by atoms with van der Waals surface area (Å²) < 4.78 is 7.95. The Balaban J connectivity index is 1.81. The highest BCUT2D eigenvalue weighted by atomic mass is 16.5. The lowest BCUT2D eigenvalue weighted by atomic mass is 9.98. The Hall–Kier alpha value is -3.85. The molecule has 0 atom stereocenters. The van der Waals surface area contributed by atoms with Gasteiger partial charge in [-0.05, 0) is 41.8 Å². The number of phenols is 2. The van der Waals surface area contributed by atoms with E-state index in [9.17, 15) is 20.1 Å². The van der Waals surface area contributed by atoms with Gasteiger partial charge in [0.1, 0.15) is 11.5 Å². The lowest BCUT2D eigenvalue weighted by molar-refractivity contribution is 0.0856. The number of hydrogen-bond acceptors (Lipinski definition) is 7. The van der Waals surface area contributed by atoms with Crippen LogP contribution in [0.5, 0.6) is 17.5 Å². The van der Waals surface area contributed by atoms with Crippen LogP contribution in [-0.4, -0.2) is 54.3 Å². The number of fused-ring (bicyclic) bond motifs is 1. The summed E-state index contributed by atoms with van der Waals surface area (Å²) in [6, 6.07) is 9.65. The molecular formula is C23H24N4O5. The van der Waals surface area contributed by atoms with Gasteiger partial charge in [0.15, 0.2) is 5.82 Å². The maximum atomic E-state index is 12.4. The van der Waals surface area contributed by atoms with Crippen LogP contribution in [0, 0.1) is 0 Å². The van der Waals surface area contributed by atoms with Gasteiger partial charge in [-0.15, -0.1) is 5.10 Å². The molecule has 0 saturated heterocycles. The molecule has 0 radical (unpaired) electrons. The zero-order chi connectivity index (χ0) is 23.0. The molecule has 0 aliphatic carbocycles.